The summed E-state index contributed by atoms with van der Waals surface area (Å²) in [5.74, 6) is 0. The van der Waals surface area contributed by atoms with Gasteiger partial charge in [-0.25, -0.2) is 0 Å². The van der Waals surface area contributed by atoms with E-state index in [0.717, 1.165) is 34.1 Å². The minimum Gasteiger partial charge on any atom is -0.360 e. The highest BCUT2D eigenvalue weighted by atomic mass is 79.9. The molecule has 0 aliphatic carbocycles. The summed E-state index contributed by atoms with van der Waals surface area (Å²) in [6.45, 7) is 16.5. The zero-order valence-corrected chi connectivity index (χ0v) is 18.8. The highest BCUT2D eigenvalue weighted by Gasteiger charge is 2.17. The van der Waals surface area contributed by atoms with E-state index < -0.39 is 0 Å². The van der Waals surface area contributed by atoms with Crippen LogP contribution in [0.5, 0.6) is 0 Å². The molecule has 1 atom stereocenters. The Labute approximate surface area is 162 Å². The first-order valence-electron chi connectivity index (χ1n) is 8.84. The molecule has 0 aliphatic heterocycles. The highest BCUT2D eigenvalue weighted by Crippen LogP contribution is 2.35. The van der Waals surface area contributed by atoms with Crippen molar-refractivity contribution in [2.45, 2.75) is 74.5 Å². The number of nitrogens with one attached hydrogen (secondary N) is 2. The topological polar surface area (TPSA) is 45.1 Å². The van der Waals surface area contributed by atoms with Crippen molar-refractivity contribution < 1.29 is 4.74 Å². The van der Waals surface area contributed by atoms with E-state index in [1.807, 2.05) is 47.6 Å². The summed E-state index contributed by atoms with van der Waals surface area (Å²) in [5, 5.41) is 12.0. The van der Waals surface area contributed by atoms with Crippen molar-refractivity contribution in [2.24, 2.45) is 0 Å². The molecule has 3 nitrogen and oxygen atoms in total. The molecule has 0 radical (unpaired) electrons. The fourth-order valence-electron chi connectivity index (χ4n) is 2.07. The molecule has 0 fully saturated rings. The molecule has 0 heterocycles. The number of ether oxygens (including phenoxy) is 1. The summed E-state index contributed by atoms with van der Waals surface area (Å²) in [6, 6.07) is 1.97. The molecular formula is C19H34BrClN2O. The van der Waals surface area contributed by atoms with E-state index >= 15 is 0 Å². The Hall–Kier alpha value is -0.580. The maximum atomic E-state index is 7.96. The standard InChI is InChI=1S/C15H22BrClN2O.2C2H6/c1-5-7-12(20-6-2)19-11-8-9(3)15(17)14(16)13(11)10(4)18;2*1-2/h8,12,18-19H,5-7H2,1-4H3;2*1-2H3. The van der Waals surface area contributed by atoms with Crippen LogP contribution < -0.4 is 5.32 Å². The summed E-state index contributed by atoms with van der Waals surface area (Å²) in [5.41, 5.74) is 3.12. The zero-order valence-electron chi connectivity index (χ0n) is 16.4. The van der Waals surface area contributed by atoms with Gasteiger partial charge in [0.15, 0.2) is 0 Å². The first-order valence-corrected chi connectivity index (χ1v) is 10.0. The molecule has 2 N–H and O–H groups in total. The normalized spacial score (nSPS) is 10.8. The van der Waals surface area contributed by atoms with Crippen LogP contribution in [0.3, 0.4) is 0 Å². The first-order chi connectivity index (χ1) is 11.4. The SMILES string of the molecule is CC.CC.CCCC(Nc1cc(C)c(Cl)c(Br)c1C(C)=N)OCC. The molecule has 1 unspecified atom stereocenters. The van der Waals surface area contributed by atoms with Crippen LogP contribution in [-0.4, -0.2) is 18.5 Å². The van der Waals surface area contributed by atoms with Crippen molar-refractivity contribution in [2.75, 3.05) is 11.9 Å². The van der Waals surface area contributed by atoms with Gasteiger partial charge < -0.3 is 15.5 Å². The van der Waals surface area contributed by atoms with E-state index in [2.05, 4.69) is 28.2 Å². The van der Waals surface area contributed by atoms with Gasteiger partial charge in [0.05, 0.1) is 5.02 Å². The molecule has 0 saturated carbocycles. The summed E-state index contributed by atoms with van der Waals surface area (Å²) >= 11 is 9.75. The Balaban J connectivity index is 0. The first kappa shape index (κ1) is 25.7. The molecule has 0 bridgehead atoms. The van der Waals surface area contributed by atoms with Gasteiger partial charge in [0, 0.05) is 28.0 Å². The smallest absolute Gasteiger partial charge is 0.127 e. The van der Waals surface area contributed by atoms with Gasteiger partial charge in [0.25, 0.3) is 0 Å². The largest absolute Gasteiger partial charge is 0.360 e. The second-order valence-electron chi connectivity index (χ2n) is 4.75. The molecule has 0 aliphatic rings. The van der Waals surface area contributed by atoms with E-state index in [-0.39, 0.29) is 6.23 Å². The third-order valence-corrected chi connectivity index (χ3v) is 4.51. The lowest BCUT2D eigenvalue weighted by Gasteiger charge is -2.23. The molecule has 1 rings (SSSR count). The number of benzene rings is 1. The lowest BCUT2D eigenvalue weighted by atomic mass is 10.1. The van der Waals surface area contributed by atoms with Gasteiger partial charge in [-0.2, -0.15) is 0 Å². The van der Waals surface area contributed by atoms with Crippen molar-refractivity contribution in [3.8, 4) is 0 Å². The third kappa shape index (κ3) is 8.00. The Bertz CT molecular complexity index is 487. The summed E-state index contributed by atoms with van der Waals surface area (Å²) in [7, 11) is 0. The van der Waals surface area contributed by atoms with E-state index in [1.165, 1.54) is 0 Å². The second kappa shape index (κ2) is 14.7. The van der Waals surface area contributed by atoms with Crippen LogP contribution in [0.2, 0.25) is 5.02 Å². The molecule has 1 aromatic rings. The number of aryl methyl sites for hydroxylation is 1. The number of halogens is 2. The van der Waals surface area contributed by atoms with Gasteiger partial charge in [-0.1, -0.05) is 52.6 Å². The minimum absolute atomic E-state index is 0.0458. The van der Waals surface area contributed by atoms with Gasteiger partial charge in [-0.05, 0) is 54.8 Å². The molecule has 0 saturated heterocycles. The molecular weight excluding hydrogens is 388 g/mol. The fraction of sp³-hybridized carbons (Fsp3) is 0.632. The maximum Gasteiger partial charge on any atom is 0.127 e. The Morgan fingerprint density at radius 1 is 1.29 bits per heavy atom. The lowest BCUT2D eigenvalue weighted by molar-refractivity contribution is 0.0762. The fourth-order valence-corrected chi connectivity index (χ4v) is 3.04. The quantitative estimate of drug-likeness (QED) is 0.355. The monoisotopic (exact) mass is 420 g/mol. The van der Waals surface area contributed by atoms with Gasteiger partial charge in [-0.15, -0.1) is 0 Å². The van der Waals surface area contributed by atoms with Crippen LogP contribution >= 0.6 is 27.5 Å². The summed E-state index contributed by atoms with van der Waals surface area (Å²) in [6.07, 6.45) is 1.91. The number of rotatable bonds is 7. The summed E-state index contributed by atoms with van der Waals surface area (Å²) < 4.78 is 6.47. The van der Waals surface area contributed by atoms with E-state index in [4.69, 9.17) is 21.7 Å². The number of hydrogen-bond donors (Lipinski definition) is 2. The lowest BCUT2D eigenvalue weighted by Crippen LogP contribution is -2.24. The van der Waals surface area contributed by atoms with Crippen molar-refractivity contribution in [3.63, 3.8) is 0 Å². The third-order valence-electron chi connectivity index (χ3n) is 3.00. The predicted octanol–water partition coefficient (Wildman–Crippen LogP) is 7.43. The van der Waals surface area contributed by atoms with Crippen LogP contribution in [-0.2, 0) is 4.74 Å². The minimum atomic E-state index is -0.0458. The Morgan fingerprint density at radius 2 is 1.83 bits per heavy atom. The maximum absolute atomic E-state index is 7.96. The molecule has 140 valence electrons. The number of hydrogen-bond acceptors (Lipinski definition) is 3. The molecule has 0 aromatic heterocycles. The average Bonchev–Trinajstić information content (AvgIpc) is 2.56. The van der Waals surface area contributed by atoms with Crippen molar-refractivity contribution in [1.29, 1.82) is 5.41 Å². The van der Waals surface area contributed by atoms with Crippen LogP contribution in [0.25, 0.3) is 0 Å². The van der Waals surface area contributed by atoms with E-state index in [0.29, 0.717) is 17.3 Å². The van der Waals surface area contributed by atoms with Crippen molar-refractivity contribution >= 4 is 38.9 Å². The molecule has 5 heteroatoms. The van der Waals surface area contributed by atoms with Crippen LogP contribution in [0, 0.1) is 12.3 Å². The number of anilines is 1. The molecule has 1 aromatic carbocycles. The van der Waals surface area contributed by atoms with Crippen LogP contribution in [0.15, 0.2) is 10.5 Å². The highest BCUT2D eigenvalue weighted by molar-refractivity contribution is 9.10. The second-order valence-corrected chi connectivity index (χ2v) is 5.92. The van der Waals surface area contributed by atoms with Gasteiger partial charge in [0.2, 0.25) is 0 Å². The predicted molar refractivity (Wildman–Crippen MR) is 113 cm³/mol. The van der Waals surface area contributed by atoms with E-state index in [1.54, 1.807) is 6.92 Å². The van der Waals surface area contributed by atoms with Crippen LogP contribution in [0.4, 0.5) is 5.69 Å². The van der Waals surface area contributed by atoms with Crippen molar-refractivity contribution in [1.82, 2.24) is 0 Å². The Morgan fingerprint density at radius 3 is 2.25 bits per heavy atom. The van der Waals surface area contributed by atoms with Crippen molar-refractivity contribution in [3.05, 3.63) is 26.7 Å². The molecule has 0 spiro atoms. The average molecular weight is 422 g/mol. The Kier molecular flexibility index (Phi) is 15.8. The van der Waals surface area contributed by atoms with E-state index in [9.17, 15) is 0 Å². The van der Waals surface area contributed by atoms with Crippen LogP contribution in [0.1, 0.15) is 72.4 Å². The van der Waals surface area contributed by atoms with Gasteiger partial charge >= 0.3 is 0 Å². The molecule has 0 amide bonds. The van der Waals surface area contributed by atoms with Gasteiger partial charge in [0.1, 0.15) is 6.23 Å². The summed E-state index contributed by atoms with van der Waals surface area (Å²) in [4.78, 5) is 0. The molecule has 24 heavy (non-hydrogen) atoms. The zero-order chi connectivity index (χ0) is 19.3. The van der Waals surface area contributed by atoms with Gasteiger partial charge in [-0.3, -0.25) is 0 Å².